The molecule has 0 bridgehead atoms. The van der Waals surface area contributed by atoms with E-state index in [0.717, 1.165) is 0 Å². The van der Waals surface area contributed by atoms with E-state index in [1.165, 1.54) is 18.2 Å². The van der Waals surface area contributed by atoms with Crippen LogP contribution < -0.4 is 5.32 Å². The van der Waals surface area contributed by atoms with Gasteiger partial charge in [-0.1, -0.05) is 32.4 Å². The summed E-state index contributed by atoms with van der Waals surface area (Å²) in [5.41, 5.74) is -0.169. The summed E-state index contributed by atoms with van der Waals surface area (Å²) in [6, 6.07) is 3.92. The van der Waals surface area contributed by atoms with Gasteiger partial charge < -0.3 is 5.32 Å². The lowest BCUT2D eigenvalue weighted by atomic mass is 9.89. The summed E-state index contributed by atoms with van der Waals surface area (Å²) in [5.74, 6) is -0.182. The second kappa shape index (κ2) is 5.69. The van der Waals surface area contributed by atoms with E-state index in [1.807, 2.05) is 20.8 Å². The van der Waals surface area contributed by atoms with Crippen LogP contribution in [0.4, 0.5) is 5.69 Å². The van der Waals surface area contributed by atoms with E-state index >= 15 is 0 Å². The highest BCUT2D eigenvalue weighted by atomic mass is 35.7. The smallest absolute Gasteiger partial charge is 0.261 e. The first-order valence-corrected chi connectivity index (χ1v) is 8.32. The van der Waals surface area contributed by atoms with Crippen LogP contribution in [0.1, 0.15) is 27.2 Å². The SMILES string of the molecule is CCC(C)(C)C(=O)Nc1ccc(S(=O)(=O)Cl)cc1Cl. The molecular formula is C12H15Cl2NO3S. The first-order chi connectivity index (χ1) is 8.58. The van der Waals surface area contributed by atoms with Crippen molar-refractivity contribution in [2.45, 2.75) is 32.1 Å². The van der Waals surface area contributed by atoms with Crippen LogP contribution in [0.3, 0.4) is 0 Å². The molecule has 0 atom stereocenters. The Kier molecular flexibility index (Phi) is 4.87. The van der Waals surface area contributed by atoms with E-state index in [0.29, 0.717) is 12.1 Å². The number of carbonyl (C=O) groups is 1. The van der Waals surface area contributed by atoms with E-state index in [4.69, 9.17) is 22.3 Å². The van der Waals surface area contributed by atoms with Gasteiger partial charge in [0.2, 0.25) is 5.91 Å². The monoisotopic (exact) mass is 323 g/mol. The Bertz CT molecular complexity index is 597. The summed E-state index contributed by atoms with van der Waals surface area (Å²) < 4.78 is 22.3. The predicted molar refractivity (Wildman–Crippen MR) is 77.2 cm³/mol. The molecule has 0 aliphatic heterocycles. The molecule has 0 heterocycles. The van der Waals surface area contributed by atoms with Gasteiger partial charge in [0.1, 0.15) is 0 Å². The van der Waals surface area contributed by atoms with Crippen LogP contribution in [0.15, 0.2) is 23.1 Å². The number of hydrogen-bond donors (Lipinski definition) is 1. The molecule has 19 heavy (non-hydrogen) atoms. The molecule has 4 nitrogen and oxygen atoms in total. The Hall–Kier alpha value is -0.780. The number of carbonyl (C=O) groups excluding carboxylic acids is 1. The normalized spacial score (nSPS) is 12.3. The molecule has 1 aromatic carbocycles. The number of hydrogen-bond acceptors (Lipinski definition) is 3. The van der Waals surface area contributed by atoms with Crippen LogP contribution >= 0.6 is 22.3 Å². The lowest BCUT2D eigenvalue weighted by Crippen LogP contribution is -2.30. The van der Waals surface area contributed by atoms with Crippen LogP contribution in [0.25, 0.3) is 0 Å². The zero-order valence-corrected chi connectivity index (χ0v) is 13.2. The molecule has 1 rings (SSSR count). The average Bonchev–Trinajstić information content (AvgIpc) is 2.30. The molecule has 0 fully saturated rings. The number of rotatable bonds is 4. The number of anilines is 1. The average molecular weight is 324 g/mol. The first kappa shape index (κ1) is 16.3. The Labute approximate surface area is 122 Å². The maximum absolute atomic E-state index is 12.0. The van der Waals surface area contributed by atoms with Gasteiger partial charge in [-0.05, 0) is 24.6 Å². The minimum atomic E-state index is -3.83. The van der Waals surface area contributed by atoms with Crippen LogP contribution in [0.2, 0.25) is 5.02 Å². The minimum Gasteiger partial charge on any atom is -0.324 e. The minimum absolute atomic E-state index is 0.105. The van der Waals surface area contributed by atoms with Crippen molar-refractivity contribution in [1.29, 1.82) is 0 Å². The van der Waals surface area contributed by atoms with Gasteiger partial charge in [-0.3, -0.25) is 4.79 Å². The molecule has 0 spiro atoms. The molecule has 106 valence electrons. The topological polar surface area (TPSA) is 63.2 Å². The van der Waals surface area contributed by atoms with Crippen LogP contribution in [-0.4, -0.2) is 14.3 Å². The van der Waals surface area contributed by atoms with Crippen molar-refractivity contribution in [2.24, 2.45) is 5.41 Å². The maximum atomic E-state index is 12.0. The Balaban J connectivity index is 3.03. The predicted octanol–water partition coefficient (Wildman–Crippen LogP) is 3.64. The van der Waals surface area contributed by atoms with Gasteiger partial charge in [0.25, 0.3) is 9.05 Å². The van der Waals surface area contributed by atoms with Gasteiger partial charge >= 0.3 is 0 Å². The standard InChI is InChI=1S/C12H15Cl2NO3S/c1-4-12(2,3)11(16)15-10-6-5-8(7-9(10)13)19(14,17)18/h5-7H,4H2,1-3H3,(H,15,16). The number of halogens is 2. The summed E-state index contributed by atoms with van der Waals surface area (Å²) in [5, 5.41) is 2.80. The lowest BCUT2D eigenvalue weighted by Gasteiger charge is -2.21. The maximum Gasteiger partial charge on any atom is 0.261 e. The lowest BCUT2D eigenvalue weighted by molar-refractivity contribution is -0.124. The molecular weight excluding hydrogens is 309 g/mol. The Morgan fingerprint density at radius 2 is 1.95 bits per heavy atom. The third-order valence-electron chi connectivity index (χ3n) is 2.97. The largest absolute Gasteiger partial charge is 0.324 e. The van der Waals surface area contributed by atoms with E-state index in [9.17, 15) is 13.2 Å². The van der Waals surface area contributed by atoms with Gasteiger partial charge in [-0.2, -0.15) is 0 Å². The fourth-order valence-corrected chi connectivity index (χ4v) is 2.27. The quantitative estimate of drug-likeness (QED) is 0.860. The summed E-state index contributed by atoms with van der Waals surface area (Å²) >= 11 is 5.93. The van der Waals surface area contributed by atoms with Crippen LogP contribution in [-0.2, 0) is 13.8 Å². The van der Waals surface area contributed by atoms with Crippen molar-refractivity contribution in [3.63, 3.8) is 0 Å². The summed E-state index contributed by atoms with van der Waals surface area (Å²) in [6.45, 7) is 5.53. The Morgan fingerprint density at radius 3 is 2.37 bits per heavy atom. The summed E-state index contributed by atoms with van der Waals surface area (Å²) in [4.78, 5) is 11.9. The fraction of sp³-hybridized carbons (Fsp3) is 0.417. The first-order valence-electron chi connectivity index (χ1n) is 5.63. The Morgan fingerprint density at radius 1 is 1.37 bits per heavy atom. The molecule has 0 aromatic heterocycles. The molecule has 0 aliphatic carbocycles. The second-order valence-corrected chi connectivity index (χ2v) is 7.74. The molecule has 1 N–H and O–H groups in total. The molecule has 0 radical (unpaired) electrons. The zero-order valence-electron chi connectivity index (χ0n) is 10.8. The summed E-state index contributed by atoms with van der Waals surface area (Å²) in [6.07, 6.45) is 0.671. The summed E-state index contributed by atoms with van der Waals surface area (Å²) in [7, 11) is 1.38. The molecule has 7 heteroatoms. The van der Waals surface area contributed by atoms with E-state index in [2.05, 4.69) is 5.32 Å². The number of amides is 1. The van der Waals surface area contributed by atoms with Crippen LogP contribution in [0, 0.1) is 5.41 Å². The van der Waals surface area contributed by atoms with E-state index in [1.54, 1.807) is 0 Å². The molecule has 0 saturated heterocycles. The second-order valence-electron chi connectivity index (χ2n) is 4.77. The number of benzene rings is 1. The highest BCUT2D eigenvalue weighted by molar-refractivity contribution is 8.13. The van der Waals surface area contributed by atoms with Crippen molar-refractivity contribution in [3.05, 3.63) is 23.2 Å². The van der Waals surface area contributed by atoms with Crippen molar-refractivity contribution in [2.75, 3.05) is 5.32 Å². The fourth-order valence-electron chi connectivity index (χ4n) is 1.20. The zero-order chi connectivity index (χ0) is 14.8. The van der Waals surface area contributed by atoms with Gasteiger partial charge in [-0.15, -0.1) is 0 Å². The molecule has 0 aliphatic rings. The van der Waals surface area contributed by atoms with Gasteiger partial charge in [0.15, 0.2) is 0 Å². The van der Waals surface area contributed by atoms with Gasteiger partial charge in [0.05, 0.1) is 15.6 Å². The highest BCUT2D eigenvalue weighted by Gasteiger charge is 2.26. The molecule has 0 saturated carbocycles. The molecule has 1 aromatic rings. The third-order valence-corrected chi connectivity index (χ3v) is 4.63. The van der Waals surface area contributed by atoms with Crippen molar-refractivity contribution >= 4 is 42.9 Å². The molecule has 1 amide bonds. The van der Waals surface area contributed by atoms with Crippen LogP contribution in [0.5, 0.6) is 0 Å². The number of nitrogens with one attached hydrogen (secondary N) is 1. The van der Waals surface area contributed by atoms with Gasteiger partial charge in [-0.25, -0.2) is 8.42 Å². The highest BCUT2D eigenvalue weighted by Crippen LogP contribution is 2.29. The van der Waals surface area contributed by atoms with Crippen molar-refractivity contribution in [3.8, 4) is 0 Å². The van der Waals surface area contributed by atoms with Gasteiger partial charge in [0, 0.05) is 16.1 Å². The molecule has 0 unspecified atom stereocenters. The van der Waals surface area contributed by atoms with Crippen molar-refractivity contribution < 1.29 is 13.2 Å². The van der Waals surface area contributed by atoms with E-state index in [-0.39, 0.29) is 15.8 Å². The third kappa shape index (κ3) is 4.09. The van der Waals surface area contributed by atoms with Crippen molar-refractivity contribution in [1.82, 2.24) is 0 Å². The van der Waals surface area contributed by atoms with E-state index < -0.39 is 14.5 Å².